The van der Waals surface area contributed by atoms with E-state index in [1.165, 1.54) is 16.9 Å². The van der Waals surface area contributed by atoms with Gasteiger partial charge in [0.25, 0.3) is 0 Å². The maximum absolute atomic E-state index is 12.7. The molecule has 0 spiro atoms. The van der Waals surface area contributed by atoms with Crippen LogP contribution in [0.15, 0.2) is 45.0 Å². The molecule has 1 aromatic rings. The van der Waals surface area contributed by atoms with Gasteiger partial charge in [-0.15, -0.1) is 11.8 Å². The lowest BCUT2D eigenvalue weighted by atomic mass is 9.79. The number of nitrogens with one attached hydrogen (secondary N) is 1. The molecule has 0 radical (unpaired) electrons. The number of carbonyl (C=O) groups excluding carboxylic acids is 1. The highest BCUT2D eigenvalue weighted by Crippen LogP contribution is 2.50. The number of hydrogen-bond acceptors (Lipinski definition) is 5. The lowest BCUT2D eigenvalue weighted by molar-refractivity contribution is -0.116. The normalized spacial score (nSPS) is 23.4. The fraction of sp³-hybridized carbons (Fsp3) is 0.421. The molecule has 3 aliphatic rings. The van der Waals surface area contributed by atoms with Crippen molar-refractivity contribution in [2.45, 2.75) is 43.4 Å². The quantitative estimate of drug-likeness (QED) is 0.858. The van der Waals surface area contributed by atoms with Crippen molar-refractivity contribution in [3.63, 3.8) is 0 Å². The maximum Gasteiger partial charge on any atom is 0.175 e. The van der Waals surface area contributed by atoms with Crippen molar-refractivity contribution in [3.8, 4) is 0 Å². The summed E-state index contributed by atoms with van der Waals surface area (Å²) in [5.74, 6) is 1.08. The Balaban J connectivity index is 1.91. The maximum atomic E-state index is 12.7. The number of thioether (sulfide) groups is 1. The molecule has 4 nitrogen and oxygen atoms in total. The highest BCUT2D eigenvalue weighted by molar-refractivity contribution is 8.03. The van der Waals surface area contributed by atoms with Crippen LogP contribution in [0.1, 0.15) is 42.7 Å². The first-order valence-corrected chi connectivity index (χ1v) is 11.4. The average Bonchev–Trinajstić information content (AvgIpc) is 3.01. The third-order valence-corrected chi connectivity index (χ3v) is 7.60. The number of aryl methyl sites for hydroxylation is 1. The Bertz CT molecular complexity index is 941. The molecule has 1 N–H and O–H groups in total. The first-order valence-electron chi connectivity index (χ1n) is 8.56. The highest BCUT2D eigenvalue weighted by atomic mass is 32.2. The van der Waals surface area contributed by atoms with E-state index in [4.69, 9.17) is 0 Å². The molecule has 25 heavy (non-hydrogen) atoms. The SMILES string of the molecule is Cc1ccc(C2C3=C(CCS3)NC3=C2C(=O)CCC3)cc1S(C)(=O)=O. The summed E-state index contributed by atoms with van der Waals surface area (Å²) in [6.07, 6.45) is 4.58. The Morgan fingerprint density at radius 3 is 2.72 bits per heavy atom. The number of carbonyl (C=O) groups is 1. The van der Waals surface area contributed by atoms with Gasteiger partial charge in [0.05, 0.1) is 4.90 Å². The largest absolute Gasteiger partial charge is 0.361 e. The van der Waals surface area contributed by atoms with Gasteiger partial charge in [-0.2, -0.15) is 0 Å². The summed E-state index contributed by atoms with van der Waals surface area (Å²) in [6, 6.07) is 5.62. The number of allylic oxidation sites excluding steroid dienone is 4. The summed E-state index contributed by atoms with van der Waals surface area (Å²) in [4.78, 5) is 14.3. The molecular weight excluding hydrogens is 354 g/mol. The van der Waals surface area contributed by atoms with Gasteiger partial charge >= 0.3 is 0 Å². The monoisotopic (exact) mass is 375 g/mol. The van der Waals surface area contributed by atoms with Gasteiger partial charge in [-0.3, -0.25) is 4.79 Å². The number of Topliss-reactive ketones (excluding diaryl/α,β-unsaturated/α-hetero) is 1. The van der Waals surface area contributed by atoms with E-state index >= 15 is 0 Å². The molecule has 132 valence electrons. The van der Waals surface area contributed by atoms with Crippen molar-refractivity contribution < 1.29 is 13.2 Å². The molecule has 0 fully saturated rings. The van der Waals surface area contributed by atoms with Crippen LogP contribution in [0.3, 0.4) is 0 Å². The first-order chi connectivity index (χ1) is 11.9. The van der Waals surface area contributed by atoms with Crippen LogP contribution < -0.4 is 5.32 Å². The van der Waals surface area contributed by atoms with Crippen LogP contribution in [-0.2, 0) is 14.6 Å². The minimum absolute atomic E-state index is 0.118. The van der Waals surface area contributed by atoms with Gasteiger partial charge < -0.3 is 5.32 Å². The van der Waals surface area contributed by atoms with Crippen LogP contribution in [0.4, 0.5) is 0 Å². The molecule has 1 unspecified atom stereocenters. The van der Waals surface area contributed by atoms with Crippen LogP contribution in [0.2, 0.25) is 0 Å². The van der Waals surface area contributed by atoms with Gasteiger partial charge in [0, 0.05) is 46.2 Å². The molecule has 1 aromatic carbocycles. The van der Waals surface area contributed by atoms with Crippen molar-refractivity contribution in [1.29, 1.82) is 0 Å². The third kappa shape index (κ3) is 2.85. The predicted molar refractivity (Wildman–Crippen MR) is 100 cm³/mol. The average molecular weight is 376 g/mol. The number of ketones is 1. The molecule has 4 rings (SSSR count). The summed E-state index contributed by atoms with van der Waals surface area (Å²) in [6.45, 7) is 1.81. The third-order valence-electron chi connectivity index (χ3n) is 5.16. The topological polar surface area (TPSA) is 63.2 Å². The van der Waals surface area contributed by atoms with Crippen molar-refractivity contribution in [3.05, 3.63) is 51.2 Å². The van der Waals surface area contributed by atoms with E-state index < -0.39 is 9.84 Å². The molecule has 0 amide bonds. The van der Waals surface area contributed by atoms with Crippen molar-refractivity contribution in [2.75, 3.05) is 12.0 Å². The molecule has 1 atom stereocenters. The van der Waals surface area contributed by atoms with Crippen LogP contribution in [0.5, 0.6) is 0 Å². The Morgan fingerprint density at radius 1 is 1.16 bits per heavy atom. The predicted octanol–water partition coefficient (Wildman–Crippen LogP) is 3.44. The lowest BCUT2D eigenvalue weighted by Gasteiger charge is -2.33. The highest BCUT2D eigenvalue weighted by Gasteiger charge is 2.38. The lowest BCUT2D eigenvalue weighted by Crippen LogP contribution is -2.30. The standard InChI is InChI=1S/C19H21NO3S2/c1-11-6-7-12(10-16(11)25(2,22)23)17-18-13(4-3-5-15(18)21)20-14-8-9-24-19(14)17/h6-7,10,17,20H,3-5,8-9H2,1-2H3. The Hall–Kier alpha value is -1.53. The van der Waals surface area contributed by atoms with Crippen molar-refractivity contribution >= 4 is 27.4 Å². The fourth-order valence-electron chi connectivity index (χ4n) is 4.01. The number of rotatable bonds is 2. The minimum Gasteiger partial charge on any atom is -0.361 e. The zero-order valence-corrected chi connectivity index (χ0v) is 16.0. The summed E-state index contributed by atoms with van der Waals surface area (Å²) in [5.41, 5.74) is 4.77. The van der Waals surface area contributed by atoms with E-state index in [1.807, 2.05) is 19.1 Å². The van der Waals surface area contributed by atoms with E-state index in [-0.39, 0.29) is 11.7 Å². The smallest absolute Gasteiger partial charge is 0.175 e. The van der Waals surface area contributed by atoms with Crippen LogP contribution in [0.25, 0.3) is 0 Å². The number of dihydropyridines is 1. The second kappa shape index (κ2) is 6.02. The molecular formula is C19H21NO3S2. The second-order valence-corrected chi connectivity index (χ2v) is 10.1. The molecule has 2 aliphatic heterocycles. The summed E-state index contributed by atoms with van der Waals surface area (Å²) in [7, 11) is -3.30. The number of hydrogen-bond donors (Lipinski definition) is 1. The number of sulfone groups is 1. The van der Waals surface area contributed by atoms with Gasteiger partial charge in [0.2, 0.25) is 0 Å². The van der Waals surface area contributed by atoms with Gasteiger partial charge in [0.15, 0.2) is 15.6 Å². The van der Waals surface area contributed by atoms with Gasteiger partial charge in [0.1, 0.15) is 0 Å². The summed E-state index contributed by atoms with van der Waals surface area (Å²) < 4.78 is 24.3. The van der Waals surface area contributed by atoms with Crippen molar-refractivity contribution in [2.24, 2.45) is 0 Å². The molecule has 0 saturated heterocycles. The van der Waals surface area contributed by atoms with Gasteiger partial charge in [-0.25, -0.2) is 8.42 Å². The van der Waals surface area contributed by atoms with Crippen LogP contribution in [0, 0.1) is 6.92 Å². The second-order valence-electron chi connectivity index (χ2n) is 6.97. The fourth-order valence-corrected chi connectivity index (χ4v) is 6.29. The zero-order chi connectivity index (χ0) is 17.8. The van der Waals surface area contributed by atoms with Gasteiger partial charge in [-0.1, -0.05) is 12.1 Å². The Morgan fingerprint density at radius 2 is 1.96 bits per heavy atom. The minimum atomic E-state index is -3.30. The van der Waals surface area contributed by atoms with E-state index in [0.29, 0.717) is 11.3 Å². The van der Waals surface area contributed by atoms with E-state index in [9.17, 15) is 13.2 Å². The van der Waals surface area contributed by atoms with Crippen molar-refractivity contribution in [1.82, 2.24) is 5.32 Å². The first kappa shape index (κ1) is 16.9. The Labute approximate surface area is 152 Å². The zero-order valence-electron chi connectivity index (χ0n) is 14.4. The van der Waals surface area contributed by atoms with E-state index in [0.717, 1.165) is 47.4 Å². The molecule has 2 heterocycles. The van der Waals surface area contributed by atoms with Crippen LogP contribution >= 0.6 is 11.8 Å². The van der Waals surface area contributed by atoms with E-state index in [1.54, 1.807) is 17.8 Å². The van der Waals surface area contributed by atoms with Gasteiger partial charge in [-0.05, 0) is 43.4 Å². The molecule has 6 heteroatoms. The van der Waals surface area contributed by atoms with Crippen LogP contribution in [-0.4, -0.2) is 26.2 Å². The summed E-state index contributed by atoms with van der Waals surface area (Å²) >= 11 is 1.79. The Kier molecular flexibility index (Phi) is 4.07. The number of benzene rings is 1. The summed E-state index contributed by atoms with van der Waals surface area (Å²) in [5, 5.41) is 3.50. The molecule has 0 aromatic heterocycles. The molecule has 0 bridgehead atoms. The van der Waals surface area contributed by atoms with E-state index in [2.05, 4.69) is 5.32 Å². The molecule has 0 saturated carbocycles. The molecule has 1 aliphatic carbocycles.